The zero-order valence-electron chi connectivity index (χ0n) is 18.2. The molecule has 34 heavy (non-hydrogen) atoms. The van der Waals surface area contributed by atoms with E-state index < -0.39 is 11.9 Å². The minimum atomic E-state index is -0.870. The number of rotatable bonds is 10. The molecule has 0 unspecified atom stereocenters. The lowest BCUT2D eigenvalue weighted by Gasteiger charge is -2.17. The Labute approximate surface area is 215 Å². The van der Waals surface area contributed by atoms with Gasteiger partial charge in [-0.05, 0) is 29.9 Å². The molecule has 174 valence electrons. The number of carbonyl (C=O) groups is 2. The third-order valence-electron chi connectivity index (χ3n) is 4.56. The van der Waals surface area contributed by atoms with E-state index in [1.165, 1.54) is 0 Å². The lowest BCUT2D eigenvalue weighted by atomic mass is 10.1. The fourth-order valence-corrected chi connectivity index (χ4v) is 2.79. The van der Waals surface area contributed by atoms with Crippen molar-refractivity contribution >= 4 is 17.5 Å². The van der Waals surface area contributed by atoms with Crippen LogP contribution < -0.4 is 28.5 Å². The number of allylic oxidation sites excluding steroid dienone is 10. The van der Waals surface area contributed by atoms with Crippen LogP contribution in [-0.2, 0) is 16.1 Å². The Balaban J connectivity index is 0.00000578. The predicted octanol–water partition coefficient (Wildman–Crippen LogP) is 0.110. The fourth-order valence-electron chi connectivity index (χ4n) is 2.79. The zero-order valence-corrected chi connectivity index (χ0v) is 20.4. The van der Waals surface area contributed by atoms with Crippen molar-refractivity contribution in [2.45, 2.75) is 19.4 Å². The number of nitriles is 2. The molecular formula is C25H23IN4O4. The molecule has 9 heteroatoms. The molecule has 1 aliphatic heterocycles. The lowest BCUT2D eigenvalue weighted by molar-refractivity contribution is -0.696. The van der Waals surface area contributed by atoms with Crippen molar-refractivity contribution in [3.8, 4) is 12.1 Å². The Hall–Kier alpha value is -3.96. The molecule has 0 saturated carbocycles. The maximum Gasteiger partial charge on any atom is 0.309 e. The largest absolute Gasteiger partial charge is 1.00 e. The Morgan fingerprint density at radius 1 is 0.971 bits per heavy atom. The van der Waals surface area contributed by atoms with Crippen LogP contribution in [0.25, 0.3) is 5.57 Å². The summed E-state index contributed by atoms with van der Waals surface area (Å²) in [5.74, 6) is -1.74. The van der Waals surface area contributed by atoms with Gasteiger partial charge in [-0.3, -0.25) is 9.59 Å². The van der Waals surface area contributed by atoms with Crippen LogP contribution in [0, 0.1) is 22.7 Å². The van der Waals surface area contributed by atoms with Crippen molar-refractivity contribution in [2.75, 3.05) is 6.54 Å². The number of hydrogen-bond donors (Lipinski definition) is 2. The van der Waals surface area contributed by atoms with E-state index in [1.54, 1.807) is 88.9 Å². The van der Waals surface area contributed by atoms with Crippen LogP contribution in [-0.4, -0.2) is 33.6 Å². The van der Waals surface area contributed by atoms with Crippen molar-refractivity contribution in [1.82, 2.24) is 4.90 Å². The second-order valence-electron chi connectivity index (χ2n) is 6.90. The van der Waals surface area contributed by atoms with E-state index in [9.17, 15) is 20.1 Å². The molecule has 2 rings (SSSR count). The highest BCUT2D eigenvalue weighted by atomic mass is 127. The third-order valence-corrected chi connectivity index (χ3v) is 4.56. The highest BCUT2D eigenvalue weighted by Crippen LogP contribution is 2.15. The quantitative estimate of drug-likeness (QED) is 0.177. The molecule has 2 heterocycles. The molecule has 1 aliphatic rings. The number of hydrogen-bond acceptors (Lipinski definition) is 5. The smallest absolute Gasteiger partial charge is 0.309 e. The summed E-state index contributed by atoms with van der Waals surface area (Å²) in [4.78, 5) is 23.0. The van der Waals surface area contributed by atoms with E-state index >= 15 is 0 Å². The van der Waals surface area contributed by atoms with Crippen LogP contribution >= 0.6 is 0 Å². The first-order valence-electron chi connectivity index (χ1n) is 10.1. The highest BCUT2D eigenvalue weighted by molar-refractivity contribution is 5.77. The Morgan fingerprint density at radius 3 is 2.18 bits per heavy atom. The SMILES string of the molecule is N#CC(/C=C/C=C/C=C(\C#N)c1cc[n+](CCC(=O)O)cc1)=C1C=CN(CCC(=O)O)C=C1.[I-]. The van der Waals surface area contributed by atoms with Gasteiger partial charge in [0.15, 0.2) is 18.9 Å². The zero-order chi connectivity index (χ0) is 24.1. The number of aryl methyl sites for hydroxylation is 1. The summed E-state index contributed by atoms with van der Waals surface area (Å²) in [6.45, 7) is 0.709. The number of pyridine rings is 1. The van der Waals surface area contributed by atoms with Crippen LogP contribution in [0.2, 0.25) is 0 Å². The summed E-state index contributed by atoms with van der Waals surface area (Å²) in [7, 11) is 0. The second-order valence-corrected chi connectivity index (χ2v) is 6.90. The van der Waals surface area contributed by atoms with Gasteiger partial charge in [-0.15, -0.1) is 0 Å². The Morgan fingerprint density at radius 2 is 1.62 bits per heavy atom. The molecule has 0 spiro atoms. The first kappa shape index (κ1) is 28.1. The van der Waals surface area contributed by atoms with E-state index in [0.717, 1.165) is 0 Å². The van der Waals surface area contributed by atoms with Gasteiger partial charge in [0, 0.05) is 36.6 Å². The number of aliphatic carboxylic acids is 2. The number of nitrogens with zero attached hydrogens (tertiary/aromatic N) is 4. The topological polar surface area (TPSA) is 129 Å². The molecule has 0 radical (unpaired) electrons. The van der Waals surface area contributed by atoms with E-state index in [2.05, 4.69) is 12.1 Å². The standard InChI is InChI=1S/C25H22N4O4.HI/c26-18-22(20-6-12-28(13-7-20)16-10-24(30)31)4-2-1-3-5-23(19-27)21-8-14-29(15-9-21)17-11-25(32)33;/h1-9,12-15H,10-11,16-17H2,(H-,30,31,32,33);1H. The molecule has 8 nitrogen and oxygen atoms in total. The molecule has 0 atom stereocenters. The van der Waals surface area contributed by atoms with Crippen molar-refractivity contribution in [2.24, 2.45) is 0 Å². The van der Waals surface area contributed by atoms with Crippen LogP contribution in [0.3, 0.4) is 0 Å². The number of carboxylic acid groups (broad SMARTS) is 2. The average Bonchev–Trinajstić information content (AvgIpc) is 2.82. The molecule has 0 aliphatic carbocycles. The minimum absolute atomic E-state index is 0. The molecule has 0 fully saturated rings. The van der Waals surface area contributed by atoms with Gasteiger partial charge < -0.3 is 39.1 Å². The normalized spacial score (nSPS) is 12.9. The Bertz CT molecular complexity index is 1130. The summed E-state index contributed by atoms with van der Waals surface area (Å²) < 4.78 is 1.74. The van der Waals surface area contributed by atoms with Crippen LogP contribution in [0.1, 0.15) is 18.4 Å². The summed E-state index contributed by atoms with van der Waals surface area (Å²) in [5.41, 5.74) is 2.32. The van der Waals surface area contributed by atoms with E-state index in [-0.39, 0.29) is 36.8 Å². The third kappa shape index (κ3) is 9.67. The first-order chi connectivity index (χ1) is 15.9. The van der Waals surface area contributed by atoms with Gasteiger partial charge in [0.2, 0.25) is 0 Å². The van der Waals surface area contributed by atoms with Crippen molar-refractivity contribution in [3.63, 3.8) is 0 Å². The molecular weight excluding hydrogens is 547 g/mol. The molecule has 0 amide bonds. The van der Waals surface area contributed by atoms with Gasteiger partial charge in [-0.25, -0.2) is 4.57 Å². The van der Waals surface area contributed by atoms with E-state index in [0.29, 0.717) is 35.4 Å². The maximum absolute atomic E-state index is 10.6. The van der Waals surface area contributed by atoms with Gasteiger partial charge in [-0.1, -0.05) is 18.2 Å². The molecule has 2 N–H and O–H groups in total. The predicted molar refractivity (Wildman–Crippen MR) is 121 cm³/mol. The molecule has 1 aromatic rings. The molecule has 0 saturated heterocycles. The van der Waals surface area contributed by atoms with Gasteiger partial charge >= 0.3 is 11.9 Å². The van der Waals surface area contributed by atoms with Crippen molar-refractivity contribution < 1.29 is 48.3 Å². The lowest BCUT2D eigenvalue weighted by Crippen LogP contribution is -3.00. The maximum atomic E-state index is 10.6. The molecule has 0 bridgehead atoms. The summed E-state index contributed by atoms with van der Waals surface area (Å²) in [5, 5.41) is 36.3. The second kappa shape index (κ2) is 15.0. The fraction of sp³-hybridized carbons (Fsp3) is 0.160. The first-order valence-corrected chi connectivity index (χ1v) is 10.1. The summed E-state index contributed by atoms with van der Waals surface area (Å²) in [6, 6.07) is 7.77. The summed E-state index contributed by atoms with van der Waals surface area (Å²) in [6.07, 6.45) is 18.9. The van der Waals surface area contributed by atoms with Gasteiger partial charge in [-0.2, -0.15) is 10.5 Å². The van der Waals surface area contributed by atoms with Crippen molar-refractivity contribution in [1.29, 1.82) is 10.5 Å². The highest BCUT2D eigenvalue weighted by Gasteiger charge is 2.07. The van der Waals surface area contributed by atoms with E-state index in [4.69, 9.17) is 10.2 Å². The van der Waals surface area contributed by atoms with Gasteiger partial charge in [0.1, 0.15) is 6.42 Å². The average molecular weight is 570 g/mol. The van der Waals surface area contributed by atoms with Crippen LogP contribution in [0.5, 0.6) is 0 Å². The number of halogens is 1. The number of carboxylic acids is 2. The number of aromatic nitrogens is 1. The van der Waals surface area contributed by atoms with Crippen molar-refractivity contribution in [3.05, 3.63) is 96.2 Å². The van der Waals surface area contributed by atoms with Gasteiger partial charge in [0.25, 0.3) is 0 Å². The molecule has 0 aromatic carbocycles. The van der Waals surface area contributed by atoms with Crippen LogP contribution in [0.4, 0.5) is 0 Å². The van der Waals surface area contributed by atoms with E-state index in [1.807, 2.05) is 0 Å². The van der Waals surface area contributed by atoms with Crippen LogP contribution in [0.15, 0.2) is 90.6 Å². The molecule has 1 aromatic heterocycles. The van der Waals surface area contributed by atoms with Gasteiger partial charge in [0.05, 0.1) is 29.7 Å². The minimum Gasteiger partial charge on any atom is -1.00 e. The monoisotopic (exact) mass is 570 g/mol. The summed E-state index contributed by atoms with van der Waals surface area (Å²) >= 11 is 0. The Kier molecular flexibility index (Phi) is 12.4.